The van der Waals surface area contributed by atoms with Gasteiger partial charge in [0.2, 0.25) is 0 Å². The molecule has 3 atom stereocenters. The van der Waals surface area contributed by atoms with E-state index in [0.717, 1.165) is 11.7 Å². The van der Waals surface area contributed by atoms with Crippen molar-refractivity contribution in [3.63, 3.8) is 0 Å². The number of methoxy groups -OCH3 is 1. The Morgan fingerprint density at radius 1 is 1.00 bits per heavy atom. The first kappa shape index (κ1) is 13.8. The highest BCUT2D eigenvalue weighted by Crippen LogP contribution is 2.47. The largest absolute Gasteiger partial charge is 0.497 e. The Bertz CT molecular complexity index is 664. The van der Waals surface area contributed by atoms with Gasteiger partial charge < -0.3 is 9.64 Å². The maximum Gasteiger partial charge on any atom is 0.118 e. The summed E-state index contributed by atoms with van der Waals surface area (Å²) in [6.07, 6.45) is 2.53. The SMILES string of the molecule is COc1ccc([C@H]2C[C@@H]3[C@H](CCN3C)c3ccccc32)cc1. The van der Waals surface area contributed by atoms with Crippen LogP contribution < -0.4 is 4.74 Å². The van der Waals surface area contributed by atoms with E-state index < -0.39 is 0 Å². The number of benzene rings is 2. The fraction of sp³-hybridized carbons (Fsp3) is 0.400. The van der Waals surface area contributed by atoms with Crippen molar-refractivity contribution in [1.29, 1.82) is 0 Å². The number of hydrogen-bond acceptors (Lipinski definition) is 2. The van der Waals surface area contributed by atoms with Crippen LogP contribution in [0.1, 0.15) is 41.4 Å². The van der Waals surface area contributed by atoms with Gasteiger partial charge in [0.25, 0.3) is 0 Å². The Balaban J connectivity index is 1.77. The second-order valence-electron chi connectivity index (χ2n) is 6.63. The van der Waals surface area contributed by atoms with Crippen LogP contribution in [-0.4, -0.2) is 31.6 Å². The normalized spacial score (nSPS) is 27.3. The van der Waals surface area contributed by atoms with E-state index in [1.807, 2.05) is 0 Å². The van der Waals surface area contributed by atoms with Crippen molar-refractivity contribution in [2.75, 3.05) is 20.7 Å². The zero-order valence-electron chi connectivity index (χ0n) is 13.3. The van der Waals surface area contributed by atoms with Crippen LogP contribution in [0.25, 0.3) is 0 Å². The lowest BCUT2D eigenvalue weighted by atomic mass is 9.71. The smallest absolute Gasteiger partial charge is 0.118 e. The third kappa shape index (κ3) is 2.14. The van der Waals surface area contributed by atoms with Gasteiger partial charge in [-0.3, -0.25) is 0 Å². The van der Waals surface area contributed by atoms with Crippen LogP contribution in [0.4, 0.5) is 0 Å². The van der Waals surface area contributed by atoms with Crippen molar-refractivity contribution >= 4 is 0 Å². The molecule has 2 aromatic carbocycles. The fourth-order valence-corrected chi connectivity index (χ4v) is 4.40. The Morgan fingerprint density at radius 2 is 1.73 bits per heavy atom. The molecule has 1 aliphatic carbocycles. The summed E-state index contributed by atoms with van der Waals surface area (Å²) in [6.45, 7) is 1.22. The number of rotatable bonds is 2. The number of ether oxygens (including phenoxy) is 1. The molecule has 4 rings (SSSR count). The highest BCUT2D eigenvalue weighted by Gasteiger charge is 2.40. The number of likely N-dealkylation sites (tertiary alicyclic amines) is 1. The molecule has 0 saturated carbocycles. The van der Waals surface area contributed by atoms with E-state index >= 15 is 0 Å². The summed E-state index contributed by atoms with van der Waals surface area (Å²) < 4.78 is 5.30. The minimum atomic E-state index is 0.504. The lowest BCUT2D eigenvalue weighted by Crippen LogP contribution is -2.34. The predicted octanol–water partition coefficient (Wildman–Crippen LogP) is 4.02. The maximum absolute atomic E-state index is 5.30. The molecule has 2 nitrogen and oxygen atoms in total. The molecule has 0 unspecified atom stereocenters. The quantitative estimate of drug-likeness (QED) is 0.829. The van der Waals surface area contributed by atoms with Crippen molar-refractivity contribution in [3.8, 4) is 5.75 Å². The summed E-state index contributed by atoms with van der Waals surface area (Å²) in [5.41, 5.74) is 4.51. The van der Waals surface area contributed by atoms with Crippen molar-refractivity contribution in [3.05, 3.63) is 65.2 Å². The summed E-state index contributed by atoms with van der Waals surface area (Å²) in [5.74, 6) is 2.16. The average Bonchev–Trinajstić information content (AvgIpc) is 2.96. The highest BCUT2D eigenvalue weighted by molar-refractivity contribution is 5.45. The minimum Gasteiger partial charge on any atom is -0.497 e. The molecule has 22 heavy (non-hydrogen) atoms. The first-order valence-corrected chi connectivity index (χ1v) is 8.21. The van der Waals surface area contributed by atoms with Gasteiger partial charge in [-0.25, -0.2) is 0 Å². The Kier molecular flexibility index (Phi) is 3.42. The third-order valence-corrected chi connectivity index (χ3v) is 5.59. The molecule has 0 spiro atoms. The monoisotopic (exact) mass is 293 g/mol. The summed E-state index contributed by atoms with van der Waals surface area (Å²) >= 11 is 0. The topological polar surface area (TPSA) is 12.5 Å². The molecule has 1 aliphatic heterocycles. The molecule has 0 N–H and O–H groups in total. The van der Waals surface area contributed by atoms with Crippen LogP contribution in [0.3, 0.4) is 0 Å². The van der Waals surface area contributed by atoms with Gasteiger partial charge in [0.1, 0.15) is 5.75 Å². The van der Waals surface area contributed by atoms with Crippen molar-refractivity contribution < 1.29 is 4.74 Å². The molecule has 0 amide bonds. The molecule has 0 bridgehead atoms. The molecule has 0 aromatic heterocycles. The molecular formula is C20H23NO. The second kappa shape index (κ2) is 5.44. The van der Waals surface area contributed by atoms with Crippen LogP contribution >= 0.6 is 0 Å². The van der Waals surface area contributed by atoms with Gasteiger partial charge in [-0.1, -0.05) is 36.4 Å². The minimum absolute atomic E-state index is 0.504. The zero-order valence-corrected chi connectivity index (χ0v) is 13.3. The second-order valence-corrected chi connectivity index (χ2v) is 6.63. The van der Waals surface area contributed by atoms with Crippen molar-refractivity contribution in [1.82, 2.24) is 4.90 Å². The number of nitrogens with zero attached hydrogens (tertiary/aromatic N) is 1. The molecule has 2 aromatic rings. The number of likely N-dealkylation sites (N-methyl/N-ethyl adjacent to an activating group) is 1. The molecule has 114 valence electrons. The molecule has 1 saturated heterocycles. The lowest BCUT2D eigenvalue weighted by molar-refractivity contribution is 0.265. The summed E-state index contributed by atoms with van der Waals surface area (Å²) in [6, 6.07) is 18.4. The van der Waals surface area contributed by atoms with Crippen LogP contribution in [0.15, 0.2) is 48.5 Å². The van der Waals surface area contributed by atoms with Gasteiger partial charge in [-0.05, 0) is 55.3 Å². The van der Waals surface area contributed by atoms with Gasteiger partial charge in [0.15, 0.2) is 0 Å². The third-order valence-electron chi connectivity index (χ3n) is 5.59. The Morgan fingerprint density at radius 3 is 2.45 bits per heavy atom. The standard InChI is InChI=1S/C20H23NO/c1-21-12-11-18-16-5-3-4-6-17(16)19(13-20(18)21)14-7-9-15(22-2)10-8-14/h3-10,18-20H,11-13H2,1-2H3/t18-,19-,20-/m1/s1. The molecule has 1 fully saturated rings. The predicted molar refractivity (Wildman–Crippen MR) is 89.7 cm³/mol. The van der Waals surface area contributed by atoms with E-state index in [9.17, 15) is 0 Å². The lowest BCUT2D eigenvalue weighted by Gasteiger charge is -2.37. The van der Waals surface area contributed by atoms with Gasteiger partial charge in [0, 0.05) is 17.9 Å². The zero-order chi connectivity index (χ0) is 15.1. The van der Waals surface area contributed by atoms with Gasteiger partial charge in [-0.15, -0.1) is 0 Å². The summed E-state index contributed by atoms with van der Waals surface area (Å²) in [7, 11) is 4.01. The summed E-state index contributed by atoms with van der Waals surface area (Å²) in [5, 5.41) is 0. The fourth-order valence-electron chi connectivity index (χ4n) is 4.40. The molecule has 1 heterocycles. The number of fused-ring (bicyclic) bond motifs is 3. The van der Waals surface area contributed by atoms with Crippen molar-refractivity contribution in [2.45, 2.75) is 30.7 Å². The molecule has 2 aliphatic rings. The van der Waals surface area contributed by atoms with E-state index in [-0.39, 0.29) is 0 Å². The summed E-state index contributed by atoms with van der Waals surface area (Å²) in [4.78, 5) is 2.55. The van der Waals surface area contributed by atoms with Gasteiger partial charge in [-0.2, -0.15) is 0 Å². The highest BCUT2D eigenvalue weighted by atomic mass is 16.5. The van der Waals surface area contributed by atoms with E-state index in [4.69, 9.17) is 4.74 Å². The van der Waals surface area contributed by atoms with E-state index in [0.29, 0.717) is 12.0 Å². The van der Waals surface area contributed by atoms with Crippen molar-refractivity contribution in [2.24, 2.45) is 0 Å². The van der Waals surface area contributed by atoms with Crippen LogP contribution in [0, 0.1) is 0 Å². The van der Waals surface area contributed by atoms with E-state index in [2.05, 4.69) is 60.5 Å². The molecule has 0 radical (unpaired) electrons. The Hall–Kier alpha value is -1.80. The first-order valence-electron chi connectivity index (χ1n) is 8.21. The molecule has 2 heteroatoms. The van der Waals surface area contributed by atoms with Crippen LogP contribution in [0.5, 0.6) is 5.75 Å². The first-order chi connectivity index (χ1) is 10.8. The maximum atomic E-state index is 5.30. The van der Waals surface area contributed by atoms with Gasteiger partial charge >= 0.3 is 0 Å². The molecular weight excluding hydrogens is 270 g/mol. The Labute approximate surface area is 132 Å². The number of hydrogen-bond donors (Lipinski definition) is 0. The van der Waals surface area contributed by atoms with E-state index in [1.165, 1.54) is 30.5 Å². The van der Waals surface area contributed by atoms with Crippen LogP contribution in [0.2, 0.25) is 0 Å². The van der Waals surface area contributed by atoms with Crippen LogP contribution in [-0.2, 0) is 0 Å². The van der Waals surface area contributed by atoms with Gasteiger partial charge in [0.05, 0.1) is 7.11 Å². The van der Waals surface area contributed by atoms with E-state index in [1.54, 1.807) is 12.7 Å². The average molecular weight is 293 g/mol.